The lowest BCUT2D eigenvalue weighted by atomic mass is 9.81. The van der Waals surface area contributed by atoms with Crippen LogP contribution < -0.4 is 0 Å². The highest BCUT2D eigenvalue weighted by Crippen LogP contribution is 2.47. The Morgan fingerprint density at radius 1 is 0.686 bits per heavy atom. The summed E-state index contributed by atoms with van der Waals surface area (Å²) in [7, 11) is 0. The average molecular weight is 453 g/mol. The van der Waals surface area contributed by atoms with Crippen LogP contribution in [0.5, 0.6) is 0 Å². The molecule has 1 aliphatic carbocycles. The number of ketones is 1. The zero-order valence-corrected chi connectivity index (χ0v) is 18.2. The second-order valence-electron chi connectivity index (χ2n) is 9.40. The highest BCUT2D eigenvalue weighted by molar-refractivity contribution is 6.39. The smallest absolute Gasteiger partial charge is 0.283 e. The van der Waals surface area contributed by atoms with E-state index in [2.05, 4.69) is 54.6 Å². The summed E-state index contributed by atoms with van der Waals surface area (Å²) in [5.41, 5.74) is 0.335. The molecule has 0 amide bonds. The summed E-state index contributed by atoms with van der Waals surface area (Å²) in [5, 5.41) is 34.9. The molecule has 0 aromatic heterocycles. The standard InChI is InChI=1S/C30H15NO4/c32-29-23-12-16-6-8-17-10-21-19-4-2-1-3-14(19)9-15-5-7-18-11-22(26(16)28(17)27(18)25(15)21)20(23)13-24(30(29)33)31(34)35/h1-13,30,33H. The van der Waals surface area contributed by atoms with Gasteiger partial charge in [-0.25, -0.2) is 0 Å². The molecule has 0 radical (unpaired) electrons. The van der Waals surface area contributed by atoms with Gasteiger partial charge in [0.2, 0.25) is 11.9 Å². The van der Waals surface area contributed by atoms with Gasteiger partial charge in [-0.05, 0) is 94.5 Å². The van der Waals surface area contributed by atoms with Crippen LogP contribution in [0.4, 0.5) is 0 Å². The van der Waals surface area contributed by atoms with Crippen molar-refractivity contribution in [1.29, 1.82) is 0 Å². The van der Waals surface area contributed by atoms with Crippen molar-refractivity contribution in [1.82, 2.24) is 0 Å². The van der Waals surface area contributed by atoms with E-state index >= 15 is 0 Å². The maximum absolute atomic E-state index is 13.0. The molecule has 7 aromatic carbocycles. The van der Waals surface area contributed by atoms with Crippen molar-refractivity contribution in [3.63, 3.8) is 0 Å². The molecule has 1 aliphatic rings. The Morgan fingerprint density at radius 3 is 2.00 bits per heavy atom. The Labute approximate surface area is 197 Å². The number of nitrogens with zero attached hydrogens (tertiary/aromatic N) is 1. The predicted molar refractivity (Wildman–Crippen MR) is 139 cm³/mol. The zero-order chi connectivity index (χ0) is 23.6. The SMILES string of the molecule is O=C1c2cc3ccc4cc5c6ccccc6cc6ccc7cc(c2C=C([N+](=O)[O-])C1O)c3c4c7c65. The zero-order valence-electron chi connectivity index (χ0n) is 18.2. The van der Waals surface area contributed by atoms with Gasteiger partial charge in [0.1, 0.15) is 0 Å². The van der Waals surface area contributed by atoms with Crippen LogP contribution >= 0.6 is 0 Å². The van der Waals surface area contributed by atoms with Crippen LogP contribution in [0.1, 0.15) is 15.9 Å². The molecule has 0 saturated carbocycles. The van der Waals surface area contributed by atoms with Crippen molar-refractivity contribution in [2.24, 2.45) is 0 Å². The third-order valence-corrected chi connectivity index (χ3v) is 7.67. The highest BCUT2D eigenvalue weighted by Gasteiger charge is 2.37. The second-order valence-corrected chi connectivity index (χ2v) is 9.40. The summed E-state index contributed by atoms with van der Waals surface area (Å²) < 4.78 is 0. The third-order valence-electron chi connectivity index (χ3n) is 7.67. The molecular formula is C30H15NO4. The van der Waals surface area contributed by atoms with Crippen molar-refractivity contribution in [3.05, 3.63) is 99.7 Å². The molecule has 0 saturated heterocycles. The number of fused-ring (bicyclic) bond motifs is 4. The topological polar surface area (TPSA) is 80.4 Å². The normalized spacial score (nSPS) is 16.3. The van der Waals surface area contributed by atoms with Crippen LogP contribution in [0.15, 0.2) is 78.5 Å². The summed E-state index contributed by atoms with van der Waals surface area (Å²) in [6.45, 7) is 0. The van der Waals surface area contributed by atoms with Crippen LogP contribution in [-0.4, -0.2) is 21.9 Å². The molecule has 0 bridgehead atoms. The molecular weight excluding hydrogens is 438 g/mol. The van der Waals surface area contributed by atoms with Gasteiger partial charge in [0, 0.05) is 11.6 Å². The number of rotatable bonds is 1. The minimum Gasteiger partial charge on any atom is -0.375 e. The lowest BCUT2D eigenvalue weighted by Gasteiger charge is -2.22. The van der Waals surface area contributed by atoms with Crippen molar-refractivity contribution in [2.45, 2.75) is 6.10 Å². The van der Waals surface area contributed by atoms with Crippen LogP contribution in [0, 0.1) is 10.1 Å². The van der Waals surface area contributed by atoms with E-state index in [1.54, 1.807) is 6.07 Å². The molecule has 1 N–H and O–H groups in total. The molecule has 0 heterocycles. The first-order valence-electron chi connectivity index (χ1n) is 11.4. The van der Waals surface area contributed by atoms with Crippen molar-refractivity contribution in [2.75, 3.05) is 0 Å². The molecule has 7 aromatic rings. The van der Waals surface area contributed by atoms with E-state index in [1.807, 2.05) is 12.1 Å². The van der Waals surface area contributed by atoms with E-state index in [0.717, 1.165) is 32.3 Å². The minimum absolute atomic E-state index is 0.317. The maximum atomic E-state index is 13.0. The van der Waals surface area contributed by atoms with Gasteiger partial charge in [0.05, 0.1) is 4.92 Å². The molecule has 164 valence electrons. The van der Waals surface area contributed by atoms with Crippen LogP contribution in [-0.2, 0) is 0 Å². The van der Waals surface area contributed by atoms with Gasteiger partial charge >= 0.3 is 0 Å². The largest absolute Gasteiger partial charge is 0.375 e. The lowest BCUT2D eigenvalue weighted by molar-refractivity contribution is -0.431. The van der Waals surface area contributed by atoms with E-state index in [9.17, 15) is 20.0 Å². The fourth-order valence-electron chi connectivity index (χ4n) is 6.18. The predicted octanol–water partition coefficient (Wildman–Crippen LogP) is 6.66. The number of aliphatic hydroxyl groups excluding tert-OH is 1. The fraction of sp³-hybridized carbons (Fsp3) is 0.0333. The molecule has 0 fully saturated rings. The van der Waals surface area contributed by atoms with E-state index in [-0.39, 0.29) is 0 Å². The van der Waals surface area contributed by atoms with Crippen LogP contribution in [0.2, 0.25) is 0 Å². The van der Waals surface area contributed by atoms with Gasteiger partial charge < -0.3 is 5.11 Å². The van der Waals surface area contributed by atoms with Gasteiger partial charge in [-0.1, -0.05) is 48.5 Å². The number of nitro groups is 1. The van der Waals surface area contributed by atoms with E-state index in [1.165, 1.54) is 38.4 Å². The van der Waals surface area contributed by atoms with Crippen LogP contribution in [0.25, 0.3) is 70.7 Å². The first kappa shape index (κ1) is 18.8. The van der Waals surface area contributed by atoms with Gasteiger partial charge in [-0.15, -0.1) is 0 Å². The van der Waals surface area contributed by atoms with Crippen molar-refractivity contribution < 1.29 is 14.8 Å². The number of Topliss-reactive ketones (excluding diaryl/α,β-unsaturated/α-hetero) is 1. The number of aliphatic hydroxyl groups is 1. The highest BCUT2D eigenvalue weighted by atomic mass is 16.6. The Morgan fingerprint density at radius 2 is 1.29 bits per heavy atom. The van der Waals surface area contributed by atoms with Crippen molar-refractivity contribution >= 4 is 76.5 Å². The third kappa shape index (κ3) is 2.19. The minimum atomic E-state index is -1.76. The van der Waals surface area contributed by atoms with Gasteiger partial charge in [-0.3, -0.25) is 14.9 Å². The molecule has 0 spiro atoms. The molecule has 1 unspecified atom stereocenters. The van der Waals surface area contributed by atoms with E-state index in [4.69, 9.17) is 0 Å². The van der Waals surface area contributed by atoms with Crippen molar-refractivity contribution in [3.8, 4) is 0 Å². The number of hydrogen-bond acceptors (Lipinski definition) is 4. The van der Waals surface area contributed by atoms with Crippen LogP contribution in [0.3, 0.4) is 0 Å². The maximum Gasteiger partial charge on any atom is 0.283 e. The molecule has 35 heavy (non-hydrogen) atoms. The molecule has 5 heteroatoms. The second kappa shape index (κ2) is 6.09. The summed E-state index contributed by atoms with van der Waals surface area (Å²) in [6.07, 6.45) is -0.396. The van der Waals surface area contributed by atoms with E-state index in [0.29, 0.717) is 11.1 Å². The molecule has 1 atom stereocenters. The Balaban J connectivity index is 1.65. The Kier molecular flexibility index (Phi) is 3.26. The van der Waals surface area contributed by atoms with Gasteiger partial charge in [-0.2, -0.15) is 0 Å². The number of benzene rings is 7. The fourth-order valence-corrected chi connectivity index (χ4v) is 6.18. The first-order valence-corrected chi connectivity index (χ1v) is 11.4. The lowest BCUT2D eigenvalue weighted by Crippen LogP contribution is -2.30. The Bertz CT molecular complexity index is 2120. The first-order chi connectivity index (χ1) is 17.0. The molecule has 5 nitrogen and oxygen atoms in total. The van der Waals surface area contributed by atoms with Gasteiger partial charge in [0.15, 0.2) is 0 Å². The van der Waals surface area contributed by atoms with Gasteiger partial charge in [0.25, 0.3) is 5.70 Å². The quantitative estimate of drug-likeness (QED) is 0.130. The molecule has 0 aliphatic heterocycles. The summed E-state index contributed by atoms with van der Waals surface area (Å²) >= 11 is 0. The monoisotopic (exact) mass is 453 g/mol. The van der Waals surface area contributed by atoms with E-state index < -0.39 is 22.5 Å². The number of hydrogen-bond donors (Lipinski definition) is 1. The summed E-state index contributed by atoms with van der Waals surface area (Å²) in [5.74, 6) is -0.636. The number of carbonyl (C=O) groups is 1. The Hall–Kier alpha value is -4.61. The summed E-state index contributed by atoms with van der Waals surface area (Å²) in [6, 6.07) is 24.9. The summed E-state index contributed by atoms with van der Waals surface area (Å²) in [4.78, 5) is 23.9. The number of carbonyl (C=O) groups excluding carboxylic acids is 1. The average Bonchev–Trinajstić information content (AvgIpc) is 2.87. The molecule has 8 rings (SSSR count).